The zero-order valence-corrected chi connectivity index (χ0v) is 15.5. The molecule has 0 aromatic heterocycles. The number of nitrogens with one attached hydrogen (secondary N) is 1. The summed E-state index contributed by atoms with van der Waals surface area (Å²) in [5.41, 5.74) is 7.67. The van der Waals surface area contributed by atoms with Crippen molar-refractivity contribution in [1.29, 1.82) is 0 Å². The third-order valence-corrected chi connectivity index (χ3v) is 4.21. The van der Waals surface area contributed by atoms with Crippen LogP contribution in [-0.2, 0) is 10.2 Å². The molecule has 0 spiro atoms. The van der Waals surface area contributed by atoms with Crippen molar-refractivity contribution in [3.05, 3.63) is 35.4 Å². The molecule has 2 rings (SSSR count). The lowest BCUT2D eigenvalue weighted by Crippen LogP contribution is -2.34. The van der Waals surface area contributed by atoms with Gasteiger partial charge in [-0.25, -0.2) is 0 Å². The normalized spacial score (nSPS) is 17.3. The number of nitrogens with zero attached hydrogens (tertiary/aromatic N) is 1. The van der Waals surface area contributed by atoms with Crippen molar-refractivity contribution in [3.63, 3.8) is 0 Å². The summed E-state index contributed by atoms with van der Waals surface area (Å²) in [6, 6.07) is 7.71. The van der Waals surface area contributed by atoms with Gasteiger partial charge in [0, 0.05) is 37.7 Å². The van der Waals surface area contributed by atoms with Crippen molar-refractivity contribution < 1.29 is 9.59 Å². The predicted octanol–water partition coefficient (Wildman–Crippen LogP) is 2.09. The molecule has 1 atom stereocenters. The first-order chi connectivity index (χ1) is 10.8. The van der Waals surface area contributed by atoms with E-state index in [9.17, 15) is 9.59 Å². The lowest BCUT2D eigenvalue weighted by atomic mass is 9.87. The standard InChI is InChI=1S/C18H27N3O2.ClH/c1-18(2,3)14-6-4-13(5-7-14)17(23)20-10-8-16(22)21-11-9-15(19)12-21;/h4-7,15H,8-12,19H2,1-3H3,(H,20,23);1H/t15-;/m1./s1. The van der Waals surface area contributed by atoms with Crippen LogP contribution in [0.5, 0.6) is 0 Å². The number of likely N-dealkylation sites (tertiary alicyclic amines) is 1. The summed E-state index contributed by atoms with van der Waals surface area (Å²) in [7, 11) is 0. The summed E-state index contributed by atoms with van der Waals surface area (Å²) in [5.74, 6) is -0.0855. The predicted molar refractivity (Wildman–Crippen MR) is 98.5 cm³/mol. The molecule has 1 fully saturated rings. The number of benzene rings is 1. The molecule has 0 radical (unpaired) electrons. The second-order valence-corrected chi connectivity index (χ2v) is 7.22. The monoisotopic (exact) mass is 353 g/mol. The van der Waals surface area contributed by atoms with Crippen LogP contribution in [0.1, 0.15) is 49.5 Å². The molecule has 1 aromatic rings. The fraction of sp³-hybridized carbons (Fsp3) is 0.556. The smallest absolute Gasteiger partial charge is 0.251 e. The largest absolute Gasteiger partial charge is 0.352 e. The van der Waals surface area contributed by atoms with Gasteiger partial charge in [-0.2, -0.15) is 0 Å². The van der Waals surface area contributed by atoms with E-state index in [1.165, 1.54) is 5.56 Å². The van der Waals surface area contributed by atoms with Gasteiger partial charge in [0.25, 0.3) is 5.91 Å². The summed E-state index contributed by atoms with van der Waals surface area (Å²) in [6.07, 6.45) is 1.18. The van der Waals surface area contributed by atoms with Crippen LogP contribution in [-0.4, -0.2) is 42.4 Å². The van der Waals surface area contributed by atoms with Gasteiger partial charge in [0.2, 0.25) is 5.91 Å². The molecule has 3 N–H and O–H groups in total. The Hall–Kier alpha value is -1.59. The van der Waals surface area contributed by atoms with Crippen LogP contribution >= 0.6 is 12.4 Å². The van der Waals surface area contributed by atoms with Crippen LogP contribution in [0.3, 0.4) is 0 Å². The SMILES string of the molecule is CC(C)(C)c1ccc(C(=O)NCCC(=O)N2CC[C@@H](N)C2)cc1.Cl. The first kappa shape index (κ1) is 20.5. The molecular weight excluding hydrogens is 326 g/mol. The van der Waals surface area contributed by atoms with E-state index in [0.29, 0.717) is 25.1 Å². The molecule has 24 heavy (non-hydrogen) atoms. The van der Waals surface area contributed by atoms with Crippen LogP contribution in [0.25, 0.3) is 0 Å². The van der Waals surface area contributed by atoms with Crippen molar-refractivity contribution >= 4 is 24.2 Å². The number of rotatable bonds is 4. The van der Waals surface area contributed by atoms with Gasteiger partial charge in [0.15, 0.2) is 0 Å². The minimum absolute atomic E-state index is 0. The van der Waals surface area contributed by atoms with Crippen molar-refractivity contribution in [3.8, 4) is 0 Å². The molecule has 1 saturated heterocycles. The van der Waals surface area contributed by atoms with Gasteiger partial charge in [-0.15, -0.1) is 12.4 Å². The zero-order valence-electron chi connectivity index (χ0n) is 14.7. The van der Waals surface area contributed by atoms with E-state index in [1.807, 2.05) is 24.3 Å². The molecule has 1 aliphatic heterocycles. The number of amides is 2. The van der Waals surface area contributed by atoms with E-state index in [4.69, 9.17) is 5.73 Å². The number of hydrogen-bond acceptors (Lipinski definition) is 3. The summed E-state index contributed by atoms with van der Waals surface area (Å²) in [5, 5.41) is 2.81. The summed E-state index contributed by atoms with van der Waals surface area (Å²) in [4.78, 5) is 25.9. The number of nitrogens with two attached hydrogens (primary N) is 1. The minimum atomic E-state index is -0.142. The van der Waals surface area contributed by atoms with Crippen molar-refractivity contribution in [2.24, 2.45) is 5.73 Å². The Morgan fingerprint density at radius 1 is 1.25 bits per heavy atom. The summed E-state index contributed by atoms with van der Waals surface area (Å²) in [6.45, 7) is 8.11. The Balaban J connectivity index is 0.00000288. The fourth-order valence-corrected chi connectivity index (χ4v) is 2.68. The van der Waals surface area contributed by atoms with Gasteiger partial charge in [-0.05, 0) is 29.5 Å². The molecule has 0 saturated carbocycles. The lowest BCUT2D eigenvalue weighted by molar-refractivity contribution is -0.130. The third-order valence-electron chi connectivity index (χ3n) is 4.21. The van der Waals surface area contributed by atoms with E-state index >= 15 is 0 Å². The van der Waals surface area contributed by atoms with Gasteiger partial charge in [-0.3, -0.25) is 9.59 Å². The second-order valence-electron chi connectivity index (χ2n) is 7.22. The second kappa shape index (κ2) is 8.49. The van der Waals surface area contributed by atoms with Gasteiger partial charge < -0.3 is 16.0 Å². The van der Waals surface area contributed by atoms with Crippen LogP contribution < -0.4 is 11.1 Å². The van der Waals surface area contributed by atoms with E-state index in [2.05, 4.69) is 26.1 Å². The topological polar surface area (TPSA) is 75.4 Å². The number of carbonyl (C=O) groups is 2. The van der Waals surface area contributed by atoms with E-state index in [1.54, 1.807) is 4.90 Å². The number of carbonyl (C=O) groups excluding carboxylic acids is 2. The average Bonchev–Trinajstić information content (AvgIpc) is 2.93. The Morgan fingerprint density at radius 3 is 2.38 bits per heavy atom. The summed E-state index contributed by atoms with van der Waals surface area (Å²) < 4.78 is 0. The fourth-order valence-electron chi connectivity index (χ4n) is 2.68. The van der Waals surface area contributed by atoms with E-state index in [0.717, 1.165) is 13.0 Å². The molecule has 2 amide bonds. The zero-order chi connectivity index (χ0) is 17.0. The highest BCUT2D eigenvalue weighted by molar-refractivity contribution is 5.94. The molecule has 134 valence electrons. The maximum Gasteiger partial charge on any atom is 0.251 e. The molecular formula is C18H28ClN3O2. The first-order valence-electron chi connectivity index (χ1n) is 8.19. The average molecular weight is 354 g/mol. The first-order valence-corrected chi connectivity index (χ1v) is 8.19. The molecule has 1 aromatic carbocycles. The molecule has 5 nitrogen and oxygen atoms in total. The Bertz CT molecular complexity index is 567. The molecule has 1 heterocycles. The maximum absolute atomic E-state index is 12.1. The highest BCUT2D eigenvalue weighted by Gasteiger charge is 2.23. The van der Waals surface area contributed by atoms with Gasteiger partial charge >= 0.3 is 0 Å². The van der Waals surface area contributed by atoms with Gasteiger partial charge in [0.1, 0.15) is 0 Å². The highest BCUT2D eigenvalue weighted by Crippen LogP contribution is 2.22. The number of hydrogen-bond donors (Lipinski definition) is 2. The van der Waals surface area contributed by atoms with Crippen LogP contribution in [0.4, 0.5) is 0 Å². The molecule has 6 heteroatoms. The molecule has 0 unspecified atom stereocenters. The number of halogens is 1. The minimum Gasteiger partial charge on any atom is -0.352 e. The third kappa shape index (κ3) is 5.49. The highest BCUT2D eigenvalue weighted by atomic mass is 35.5. The lowest BCUT2D eigenvalue weighted by Gasteiger charge is -2.19. The molecule has 1 aliphatic rings. The molecule has 0 bridgehead atoms. The van der Waals surface area contributed by atoms with Gasteiger partial charge in [-0.1, -0.05) is 32.9 Å². The van der Waals surface area contributed by atoms with Gasteiger partial charge in [0.05, 0.1) is 0 Å². The quantitative estimate of drug-likeness (QED) is 0.870. The van der Waals surface area contributed by atoms with Crippen LogP contribution in [0, 0.1) is 0 Å². The summed E-state index contributed by atoms with van der Waals surface area (Å²) >= 11 is 0. The van der Waals surface area contributed by atoms with E-state index in [-0.39, 0.29) is 35.7 Å². The Morgan fingerprint density at radius 2 is 1.88 bits per heavy atom. The van der Waals surface area contributed by atoms with Crippen molar-refractivity contribution in [2.75, 3.05) is 19.6 Å². The van der Waals surface area contributed by atoms with Crippen LogP contribution in [0.15, 0.2) is 24.3 Å². The Kier molecular flexibility index (Phi) is 7.24. The Labute approximate surface area is 150 Å². The van der Waals surface area contributed by atoms with Crippen molar-refractivity contribution in [2.45, 2.75) is 45.1 Å². The molecule has 0 aliphatic carbocycles. The van der Waals surface area contributed by atoms with Crippen LogP contribution in [0.2, 0.25) is 0 Å². The van der Waals surface area contributed by atoms with E-state index < -0.39 is 0 Å². The maximum atomic E-state index is 12.1. The van der Waals surface area contributed by atoms with Crippen molar-refractivity contribution in [1.82, 2.24) is 10.2 Å².